The van der Waals surface area contributed by atoms with Crippen LogP contribution in [0.1, 0.15) is 22.5 Å². The summed E-state index contributed by atoms with van der Waals surface area (Å²) in [7, 11) is 0. The number of anilines is 1. The Kier molecular flexibility index (Phi) is 4.12. The molecule has 0 radical (unpaired) electrons. The third-order valence-electron chi connectivity index (χ3n) is 5.06. The second-order valence-electron chi connectivity index (χ2n) is 7.11. The number of hydrogen-bond acceptors (Lipinski definition) is 6. The maximum Gasteiger partial charge on any atom is 0.208 e. The number of rotatable bonds is 4. The van der Waals surface area contributed by atoms with E-state index in [9.17, 15) is 4.39 Å². The zero-order chi connectivity index (χ0) is 20.0. The van der Waals surface area contributed by atoms with Crippen LogP contribution in [0.15, 0.2) is 36.8 Å². The molecule has 0 saturated heterocycles. The Morgan fingerprint density at radius 3 is 2.97 bits per heavy atom. The summed E-state index contributed by atoms with van der Waals surface area (Å²) in [6.45, 7) is 4.72. The van der Waals surface area contributed by atoms with E-state index in [4.69, 9.17) is 4.74 Å². The second kappa shape index (κ2) is 6.80. The first-order valence-electron chi connectivity index (χ1n) is 9.41. The summed E-state index contributed by atoms with van der Waals surface area (Å²) in [5.74, 6) is 1.12. The van der Waals surface area contributed by atoms with E-state index in [-0.39, 0.29) is 5.82 Å². The highest BCUT2D eigenvalue weighted by Gasteiger charge is 2.20. The van der Waals surface area contributed by atoms with Crippen LogP contribution in [0.5, 0.6) is 5.75 Å². The highest BCUT2D eigenvalue weighted by atomic mass is 19.1. The van der Waals surface area contributed by atoms with Gasteiger partial charge in [-0.05, 0) is 32.0 Å². The molecule has 1 aliphatic heterocycles. The number of nitrogens with one attached hydrogen (secondary N) is 1. The molecular formula is C21H19FN6O. The van der Waals surface area contributed by atoms with Gasteiger partial charge in [-0.3, -0.25) is 4.40 Å². The van der Waals surface area contributed by atoms with Crippen LogP contribution >= 0.6 is 0 Å². The summed E-state index contributed by atoms with van der Waals surface area (Å²) in [6.07, 6.45) is 6.08. The van der Waals surface area contributed by atoms with E-state index < -0.39 is 0 Å². The number of benzene rings is 1. The van der Waals surface area contributed by atoms with Crippen LogP contribution in [0.2, 0.25) is 0 Å². The quantitative estimate of drug-likeness (QED) is 0.575. The van der Waals surface area contributed by atoms with Gasteiger partial charge in [-0.15, -0.1) is 0 Å². The maximum absolute atomic E-state index is 14.4. The third kappa shape index (κ3) is 3.06. The summed E-state index contributed by atoms with van der Waals surface area (Å²) in [5.41, 5.74) is 5.74. The van der Waals surface area contributed by atoms with Crippen molar-refractivity contribution < 1.29 is 9.13 Å². The lowest BCUT2D eigenvalue weighted by Crippen LogP contribution is -2.09. The van der Waals surface area contributed by atoms with Crippen LogP contribution in [0.4, 0.5) is 10.3 Å². The van der Waals surface area contributed by atoms with E-state index in [1.54, 1.807) is 18.5 Å². The van der Waals surface area contributed by atoms with E-state index in [2.05, 4.69) is 25.5 Å². The third-order valence-corrected chi connectivity index (χ3v) is 5.06. The number of hydrogen-bond donors (Lipinski definition) is 1. The van der Waals surface area contributed by atoms with Crippen molar-refractivity contribution in [2.45, 2.75) is 26.8 Å². The predicted molar refractivity (Wildman–Crippen MR) is 106 cm³/mol. The molecule has 8 heteroatoms. The summed E-state index contributed by atoms with van der Waals surface area (Å²) in [4.78, 5) is 9.23. The van der Waals surface area contributed by atoms with Gasteiger partial charge >= 0.3 is 0 Å². The molecule has 0 amide bonds. The summed E-state index contributed by atoms with van der Waals surface area (Å²) >= 11 is 0. The van der Waals surface area contributed by atoms with Crippen LogP contribution in [0.25, 0.3) is 16.8 Å². The molecule has 4 heterocycles. The van der Waals surface area contributed by atoms with E-state index in [0.717, 1.165) is 39.5 Å². The smallest absolute Gasteiger partial charge is 0.208 e. The van der Waals surface area contributed by atoms with Gasteiger partial charge in [-0.2, -0.15) is 10.2 Å². The normalized spacial score (nSPS) is 12.8. The fourth-order valence-corrected chi connectivity index (χ4v) is 3.72. The molecule has 4 aromatic rings. The molecule has 0 atom stereocenters. The Hall–Kier alpha value is -3.55. The van der Waals surface area contributed by atoms with Crippen LogP contribution in [0, 0.1) is 19.7 Å². The Labute approximate surface area is 166 Å². The molecule has 3 aromatic heterocycles. The van der Waals surface area contributed by atoms with Crippen molar-refractivity contribution in [2.75, 3.05) is 11.9 Å². The van der Waals surface area contributed by atoms with Crippen molar-refractivity contribution in [3.63, 3.8) is 0 Å². The molecule has 1 aliphatic rings. The number of fused-ring (bicyclic) bond motifs is 2. The van der Waals surface area contributed by atoms with Crippen molar-refractivity contribution in [1.29, 1.82) is 0 Å². The SMILES string of the molecule is Cc1cc(-c2cnc(NCc3c(F)ccc4c3CCO4)n3cc(C)nc23)cnn1. The molecule has 29 heavy (non-hydrogen) atoms. The van der Waals surface area contributed by atoms with Gasteiger partial charge in [-0.1, -0.05) is 0 Å². The van der Waals surface area contributed by atoms with E-state index in [1.807, 2.05) is 30.5 Å². The standard InChI is InChI=1S/C21H19FN6O/c1-12-7-14(8-25-27-12)16-9-23-21(28-11-13(2)26-20(16)28)24-10-17-15-5-6-29-19(15)4-3-18(17)22/h3-4,7-9,11H,5-6,10H2,1-2H3,(H,23,24). The van der Waals surface area contributed by atoms with E-state index >= 15 is 0 Å². The second-order valence-corrected chi connectivity index (χ2v) is 7.11. The molecule has 0 saturated carbocycles. The van der Waals surface area contributed by atoms with Crippen LogP contribution < -0.4 is 10.1 Å². The largest absolute Gasteiger partial charge is 0.493 e. The van der Waals surface area contributed by atoms with Gasteiger partial charge in [0.05, 0.1) is 24.2 Å². The van der Waals surface area contributed by atoms with Crippen LogP contribution in [-0.2, 0) is 13.0 Å². The molecule has 0 fully saturated rings. The number of ether oxygens (including phenoxy) is 1. The zero-order valence-corrected chi connectivity index (χ0v) is 16.1. The first-order valence-corrected chi connectivity index (χ1v) is 9.41. The monoisotopic (exact) mass is 390 g/mol. The summed E-state index contributed by atoms with van der Waals surface area (Å²) in [5, 5.41) is 11.3. The average Bonchev–Trinajstić information content (AvgIpc) is 3.33. The van der Waals surface area contributed by atoms with Gasteiger partial charge in [-0.25, -0.2) is 14.4 Å². The fraction of sp³-hybridized carbons (Fsp3) is 0.238. The minimum absolute atomic E-state index is 0.241. The molecular weight excluding hydrogens is 371 g/mol. The Balaban J connectivity index is 1.53. The molecule has 1 N–H and O–H groups in total. The van der Waals surface area contributed by atoms with Crippen LogP contribution in [-0.4, -0.2) is 31.2 Å². The number of imidazole rings is 1. The van der Waals surface area contributed by atoms with Crippen molar-refractivity contribution in [3.05, 3.63) is 65.1 Å². The minimum Gasteiger partial charge on any atom is -0.493 e. The lowest BCUT2D eigenvalue weighted by atomic mass is 10.0. The van der Waals surface area contributed by atoms with Crippen molar-refractivity contribution >= 4 is 11.6 Å². The lowest BCUT2D eigenvalue weighted by Gasteiger charge is -2.13. The summed E-state index contributed by atoms with van der Waals surface area (Å²) in [6, 6.07) is 5.09. The molecule has 146 valence electrons. The number of aryl methyl sites for hydroxylation is 2. The molecule has 7 nitrogen and oxygen atoms in total. The average molecular weight is 390 g/mol. The number of aromatic nitrogens is 5. The Morgan fingerprint density at radius 2 is 2.10 bits per heavy atom. The summed E-state index contributed by atoms with van der Waals surface area (Å²) < 4.78 is 21.9. The molecule has 0 spiro atoms. The number of nitrogens with zero attached hydrogens (tertiary/aromatic N) is 5. The fourth-order valence-electron chi connectivity index (χ4n) is 3.72. The van der Waals surface area contributed by atoms with Crippen molar-refractivity contribution in [3.8, 4) is 16.9 Å². The molecule has 0 aliphatic carbocycles. The van der Waals surface area contributed by atoms with Gasteiger partial charge < -0.3 is 10.1 Å². The maximum atomic E-state index is 14.4. The van der Waals surface area contributed by atoms with Crippen molar-refractivity contribution in [2.24, 2.45) is 0 Å². The molecule has 0 unspecified atom stereocenters. The van der Waals surface area contributed by atoms with E-state index in [0.29, 0.717) is 31.1 Å². The minimum atomic E-state index is -0.241. The van der Waals surface area contributed by atoms with Crippen molar-refractivity contribution in [1.82, 2.24) is 24.6 Å². The molecule has 1 aromatic carbocycles. The van der Waals surface area contributed by atoms with Gasteiger partial charge in [0, 0.05) is 47.6 Å². The predicted octanol–water partition coefficient (Wildman–Crippen LogP) is 3.49. The lowest BCUT2D eigenvalue weighted by molar-refractivity contribution is 0.356. The highest BCUT2D eigenvalue weighted by Crippen LogP contribution is 2.31. The van der Waals surface area contributed by atoms with Crippen LogP contribution in [0.3, 0.4) is 0 Å². The molecule has 5 rings (SSSR count). The number of halogens is 1. The van der Waals surface area contributed by atoms with E-state index in [1.165, 1.54) is 6.07 Å². The Morgan fingerprint density at radius 1 is 1.21 bits per heavy atom. The first-order chi connectivity index (χ1) is 14.1. The molecule has 0 bridgehead atoms. The first kappa shape index (κ1) is 17.5. The van der Waals surface area contributed by atoms with Gasteiger partial charge in [0.15, 0.2) is 0 Å². The Bertz CT molecular complexity index is 1240. The highest BCUT2D eigenvalue weighted by molar-refractivity contribution is 5.77. The zero-order valence-electron chi connectivity index (χ0n) is 16.1. The topological polar surface area (TPSA) is 77.2 Å². The van der Waals surface area contributed by atoms with Gasteiger partial charge in [0.1, 0.15) is 17.2 Å². The van der Waals surface area contributed by atoms with Gasteiger partial charge in [0.2, 0.25) is 5.95 Å². The van der Waals surface area contributed by atoms with Gasteiger partial charge in [0.25, 0.3) is 0 Å².